The van der Waals surface area contributed by atoms with E-state index >= 15 is 0 Å². The SMILES string of the molecule is CCNC(=O)N1CCc2ccc(NS(=O)(=O)c3ccc(Br)cc3)cc21. The van der Waals surface area contributed by atoms with Crippen LogP contribution in [0.25, 0.3) is 0 Å². The zero-order chi connectivity index (χ0) is 18.0. The summed E-state index contributed by atoms with van der Waals surface area (Å²) in [4.78, 5) is 13.9. The zero-order valence-corrected chi connectivity index (χ0v) is 16.0. The molecule has 1 heterocycles. The average molecular weight is 424 g/mol. The molecule has 3 rings (SSSR count). The summed E-state index contributed by atoms with van der Waals surface area (Å²) in [6, 6.07) is 11.5. The zero-order valence-electron chi connectivity index (χ0n) is 13.6. The second kappa shape index (κ2) is 7.05. The van der Waals surface area contributed by atoms with E-state index in [2.05, 4.69) is 26.0 Å². The molecule has 1 aliphatic rings. The standard InChI is InChI=1S/C17H18BrN3O3S/c1-2-19-17(22)21-10-9-12-3-6-14(11-16(12)21)20-25(23,24)15-7-4-13(18)5-8-15/h3-8,11,20H,2,9-10H2,1H3,(H,19,22). The number of nitrogens with zero attached hydrogens (tertiary/aromatic N) is 1. The fourth-order valence-corrected chi connectivity index (χ4v) is 4.04. The summed E-state index contributed by atoms with van der Waals surface area (Å²) in [6.07, 6.45) is 0.756. The number of nitrogens with one attached hydrogen (secondary N) is 2. The molecule has 2 N–H and O–H groups in total. The van der Waals surface area contributed by atoms with Crippen LogP contribution in [0.15, 0.2) is 51.8 Å². The molecule has 0 fully saturated rings. The lowest BCUT2D eigenvalue weighted by molar-refractivity contribution is 0.247. The van der Waals surface area contributed by atoms with Gasteiger partial charge in [0.05, 0.1) is 16.3 Å². The van der Waals surface area contributed by atoms with E-state index < -0.39 is 10.0 Å². The number of anilines is 2. The van der Waals surface area contributed by atoms with Crippen molar-refractivity contribution in [3.63, 3.8) is 0 Å². The van der Waals surface area contributed by atoms with Gasteiger partial charge >= 0.3 is 6.03 Å². The molecule has 1 aliphatic heterocycles. The highest BCUT2D eigenvalue weighted by Crippen LogP contribution is 2.31. The van der Waals surface area contributed by atoms with Crippen molar-refractivity contribution in [1.82, 2.24) is 5.32 Å². The van der Waals surface area contributed by atoms with Gasteiger partial charge in [-0.25, -0.2) is 13.2 Å². The number of halogens is 1. The maximum absolute atomic E-state index is 12.5. The molecular formula is C17H18BrN3O3S. The minimum Gasteiger partial charge on any atom is -0.338 e. The van der Waals surface area contributed by atoms with E-state index in [1.807, 2.05) is 13.0 Å². The molecule has 0 unspecified atom stereocenters. The normalized spacial score (nSPS) is 13.4. The van der Waals surface area contributed by atoms with E-state index in [1.165, 1.54) is 12.1 Å². The van der Waals surface area contributed by atoms with E-state index in [9.17, 15) is 13.2 Å². The molecule has 6 nitrogen and oxygen atoms in total. The van der Waals surface area contributed by atoms with Crippen LogP contribution in [0.5, 0.6) is 0 Å². The van der Waals surface area contributed by atoms with Gasteiger partial charge in [-0.1, -0.05) is 22.0 Å². The second-order valence-corrected chi connectivity index (χ2v) is 8.24. The molecule has 0 saturated heterocycles. The number of rotatable bonds is 4. The Morgan fingerprint density at radius 3 is 2.60 bits per heavy atom. The van der Waals surface area contributed by atoms with Gasteiger partial charge in [0.2, 0.25) is 0 Å². The fraction of sp³-hybridized carbons (Fsp3) is 0.235. The van der Waals surface area contributed by atoms with Crippen LogP contribution in [0.1, 0.15) is 12.5 Å². The van der Waals surface area contributed by atoms with E-state index in [0.717, 1.165) is 22.1 Å². The lowest BCUT2D eigenvalue weighted by Crippen LogP contribution is -2.38. The number of fused-ring (bicyclic) bond motifs is 1. The predicted molar refractivity (Wildman–Crippen MR) is 102 cm³/mol. The van der Waals surface area contributed by atoms with E-state index in [-0.39, 0.29) is 10.9 Å². The molecular weight excluding hydrogens is 406 g/mol. The Hall–Kier alpha value is -2.06. The van der Waals surface area contributed by atoms with Crippen molar-refractivity contribution in [3.05, 3.63) is 52.5 Å². The molecule has 8 heteroatoms. The van der Waals surface area contributed by atoms with Crippen LogP contribution in [0, 0.1) is 0 Å². The van der Waals surface area contributed by atoms with Crippen LogP contribution in [0.2, 0.25) is 0 Å². The van der Waals surface area contributed by atoms with Crippen molar-refractivity contribution < 1.29 is 13.2 Å². The number of hydrogen-bond acceptors (Lipinski definition) is 3. The van der Waals surface area contributed by atoms with Crippen LogP contribution in [0.3, 0.4) is 0 Å². The number of benzene rings is 2. The Bertz CT molecular complexity index is 898. The van der Waals surface area contributed by atoms with Crippen LogP contribution < -0.4 is 14.9 Å². The van der Waals surface area contributed by atoms with Crippen molar-refractivity contribution in [1.29, 1.82) is 0 Å². The fourth-order valence-electron chi connectivity index (χ4n) is 2.73. The van der Waals surface area contributed by atoms with Crippen molar-refractivity contribution in [2.24, 2.45) is 0 Å². The summed E-state index contributed by atoms with van der Waals surface area (Å²) >= 11 is 3.29. The number of hydrogen-bond donors (Lipinski definition) is 2. The quantitative estimate of drug-likeness (QED) is 0.791. The number of urea groups is 1. The van der Waals surface area contributed by atoms with Crippen LogP contribution >= 0.6 is 15.9 Å². The Kier molecular flexibility index (Phi) is 5.01. The molecule has 2 aromatic carbocycles. The van der Waals surface area contributed by atoms with Gasteiger partial charge in [-0.05, 0) is 55.3 Å². The van der Waals surface area contributed by atoms with Crippen molar-refractivity contribution in [2.75, 3.05) is 22.7 Å². The molecule has 0 aliphatic carbocycles. The lowest BCUT2D eigenvalue weighted by atomic mass is 10.1. The molecule has 2 aromatic rings. The molecule has 132 valence electrons. The minimum atomic E-state index is -3.69. The summed E-state index contributed by atoms with van der Waals surface area (Å²) in [7, 11) is -3.69. The molecule has 0 atom stereocenters. The number of carbonyl (C=O) groups is 1. The first-order valence-electron chi connectivity index (χ1n) is 7.87. The summed E-state index contributed by atoms with van der Waals surface area (Å²) in [5.41, 5.74) is 2.19. The van der Waals surface area contributed by atoms with Gasteiger partial charge < -0.3 is 5.32 Å². The predicted octanol–water partition coefficient (Wildman–Crippen LogP) is 3.34. The van der Waals surface area contributed by atoms with E-state index in [0.29, 0.717) is 18.8 Å². The Balaban J connectivity index is 1.86. The van der Waals surface area contributed by atoms with Crippen molar-refractivity contribution in [3.8, 4) is 0 Å². The van der Waals surface area contributed by atoms with Gasteiger partial charge in [0.25, 0.3) is 10.0 Å². The summed E-state index contributed by atoms with van der Waals surface area (Å²) in [6.45, 7) is 2.99. The van der Waals surface area contributed by atoms with Crippen LogP contribution in [-0.4, -0.2) is 27.5 Å². The van der Waals surface area contributed by atoms with Gasteiger partial charge in [0.15, 0.2) is 0 Å². The third-order valence-electron chi connectivity index (χ3n) is 3.93. The van der Waals surface area contributed by atoms with Crippen LogP contribution in [0.4, 0.5) is 16.2 Å². The smallest absolute Gasteiger partial charge is 0.321 e. The Morgan fingerprint density at radius 2 is 1.92 bits per heavy atom. The van der Waals surface area contributed by atoms with Gasteiger partial charge in [-0.3, -0.25) is 9.62 Å². The van der Waals surface area contributed by atoms with Gasteiger partial charge in [0.1, 0.15) is 0 Å². The van der Waals surface area contributed by atoms with Crippen molar-refractivity contribution >= 4 is 43.4 Å². The molecule has 2 amide bonds. The monoisotopic (exact) mass is 423 g/mol. The topological polar surface area (TPSA) is 78.5 Å². The molecule has 0 aromatic heterocycles. The summed E-state index contributed by atoms with van der Waals surface area (Å²) < 4.78 is 28.4. The number of amides is 2. The Morgan fingerprint density at radius 1 is 1.20 bits per heavy atom. The molecule has 0 saturated carbocycles. The highest BCUT2D eigenvalue weighted by molar-refractivity contribution is 9.10. The van der Waals surface area contributed by atoms with Crippen molar-refractivity contribution in [2.45, 2.75) is 18.2 Å². The van der Waals surface area contributed by atoms with Gasteiger partial charge in [0, 0.05) is 17.6 Å². The first-order valence-corrected chi connectivity index (χ1v) is 10.1. The number of carbonyl (C=O) groups excluding carboxylic acids is 1. The second-order valence-electron chi connectivity index (χ2n) is 5.64. The van der Waals surface area contributed by atoms with E-state index in [1.54, 1.807) is 29.2 Å². The number of sulfonamides is 1. The van der Waals surface area contributed by atoms with Crippen LogP contribution in [-0.2, 0) is 16.4 Å². The molecule has 0 spiro atoms. The minimum absolute atomic E-state index is 0.172. The maximum atomic E-state index is 12.5. The largest absolute Gasteiger partial charge is 0.338 e. The van der Waals surface area contributed by atoms with E-state index in [4.69, 9.17) is 0 Å². The third kappa shape index (κ3) is 3.80. The maximum Gasteiger partial charge on any atom is 0.321 e. The molecule has 0 bridgehead atoms. The van der Waals surface area contributed by atoms with Gasteiger partial charge in [-0.2, -0.15) is 0 Å². The Labute approximate surface area is 155 Å². The highest BCUT2D eigenvalue weighted by atomic mass is 79.9. The summed E-state index contributed by atoms with van der Waals surface area (Å²) in [5.74, 6) is 0. The molecule has 0 radical (unpaired) electrons. The lowest BCUT2D eigenvalue weighted by Gasteiger charge is -2.18. The third-order valence-corrected chi connectivity index (χ3v) is 5.86. The summed E-state index contributed by atoms with van der Waals surface area (Å²) in [5, 5.41) is 2.77. The first kappa shape index (κ1) is 17.8. The van der Waals surface area contributed by atoms with Gasteiger partial charge in [-0.15, -0.1) is 0 Å². The molecule has 25 heavy (non-hydrogen) atoms. The first-order chi connectivity index (χ1) is 11.9. The average Bonchev–Trinajstić information content (AvgIpc) is 2.98. The highest BCUT2D eigenvalue weighted by Gasteiger charge is 2.25.